The molecule has 0 aliphatic carbocycles. The first-order chi connectivity index (χ1) is 9.43. The number of nitrogens with two attached hydrogens (primary N) is 1. The summed E-state index contributed by atoms with van der Waals surface area (Å²) in [6.07, 6.45) is 0. The van der Waals surface area contributed by atoms with E-state index < -0.39 is 5.91 Å². The summed E-state index contributed by atoms with van der Waals surface area (Å²) in [4.78, 5) is 11.3. The summed E-state index contributed by atoms with van der Waals surface area (Å²) in [6, 6.07) is 5.17. The minimum Gasteiger partial charge on any atom is -0.496 e. The maximum Gasteiger partial charge on any atom is 0.248 e. The van der Waals surface area contributed by atoms with E-state index in [0.717, 1.165) is 26.3 Å². The molecule has 5 nitrogen and oxygen atoms in total. The first-order valence-corrected chi connectivity index (χ1v) is 7.18. The van der Waals surface area contributed by atoms with E-state index in [9.17, 15) is 4.79 Å². The quantitative estimate of drug-likeness (QED) is 0.821. The second-order valence-electron chi connectivity index (χ2n) is 4.53. The molecule has 0 atom stereocenters. The number of ether oxygens (including phenoxy) is 1. The van der Waals surface area contributed by atoms with Crippen LogP contribution in [0.25, 0.3) is 0 Å². The van der Waals surface area contributed by atoms with Crippen molar-refractivity contribution in [1.29, 1.82) is 0 Å². The van der Waals surface area contributed by atoms with Crippen LogP contribution in [0.15, 0.2) is 18.2 Å². The lowest BCUT2D eigenvalue weighted by molar-refractivity contribution is 0.1000. The number of halogens is 1. The third-order valence-corrected chi connectivity index (χ3v) is 4.74. The molecule has 106 valence electrons. The van der Waals surface area contributed by atoms with Crippen molar-refractivity contribution in [3.05, 3.63) is 44.3 Å². The maximum atomic E-state index is 11.3. The van der Waals surface area contributed by atoms with Gasteiger partial charge in [0.1, 0.15) is 5.75 Å². The molecule has 0 spiro atoms. The molecule has 1 aromatic heterocycles. The van der Waals surface area contributed by atoms with E-state index in [-0.39, 0.29) is 0 Å². The Bertz CT molecular complexity index is 665. The van der Waals surface area contributed by atoms with Gasteiger partial charge in [-0.1, -0.05) is 0 Å². The zero-order chi connectivity index (χ0) is 14.9. The van der Waals surface area contributed by atoms with Crippen molar-refractivity contribution < 1.29 is 9.53 Å². The van der Waals surface area contributed by atoms with Crippen LogP contribution in [0.4, 0.5) is 0 Å². The Morgan fingerprint density at radius 1 is 1.45 bits per heavy atom. The summed E-state index contributed by atoms with van der Waals surface area (Å²) in [5, 5.41) is 4.49. The predicted molar refractivity (Wildman–Crippen MR) is 85.0 cm³/mol. The molecule has 0 bridgehead atoms. The average Bonchev–Trinajstić information content (AvgIpc) is 2.66. The van der Waals surface area contributed by atoms with Crippen LogP contribution >= 0.6 is 22.6 Å². The Balaban J connectivity index is 2.43. The Morgan fingerprint density at radius 2 is 2.15 bits per heavy atom. The smallest absolute Gasteiger partial charge is 0.248 e. The number of rotatable bonds is 4. The van der Waals surface area contributed by atoms with Crippen LogP contribution in [-0.2, 0) is 6.54 Å². The van der Waals surface area contributed by atoms with Crippen molar-refractivity contribution in [3.8, 4) is 5.75 Å². The van der Waals surface area contributed by atoms with Crippen LogP contribution in [-0.4, -0.2) is 22.8 Å². The summed E-state index contributed by atoms with van der Waals surface area (Å²) < 4.78 is 8.38. The molecule has 6 heteroatoms. The first-order valence-electron chi connectivity index (χ1n) is 6.10. The second kappa shape index (κ2) is 5.82. The summed E-state index contributed by atoms with van der Waals surface area (Å²) in [5.41, 5.74) is 8.76. The van der Waals surface area contributed by atoms with Gasteiger partial charge in [-0.15, -0.1) is 0 Å². The number of carbonyl (C=O) groups is 1. The monoisotopic (exact) mass is 385 g/mol. The van der Waals surface area contributed by atoms with Gasteiger partial charge in [0.05, 0.1) is 22.9 Å². The molecule has 2 rings (SSSR count). The topological polar surface area (TPSA) is 70.1 Å². The fourth-order valence-corrected chi connectivity index (χ4v) is 2.43. The highest BCUT2D eigenvalue weighted by molar-refractivity contribution is 14.1. The summed E-state index contributed by atoms with van der Waals surface area (Å²) in [7, 11) is 1.60. The number of hydrogen-bond donors (Lipinski definition) is 1. The van der Waals surface area contributed by atoms with Crippen molar-refractivity contribution in [2.75, 3.05) is 7.11 Å². The van der Waals surface area contributed by atoms with E-state index in [1.807, 2.05) is 18.5 Å². The molecule has 1 aromatic carbocycles. The van der Waals surface area contributed by atoms with Crippen molar-refractivity contribution in [2.24, 2.45) is 5.73 Å². The number of hydrogen-bond acceptors (Lipinski definition) is 3. The predicted octanol–water partition coefficient (Wildman–Crippen LogP) is 2.26. The molecule has 0 radical (unpaired) electrons. The fraction of sp³-hybridized carbons (Fsp3) is 0.286. The van der Waals surface area contributed by atoms with E-state index in [1.54, 1.807) is 25.3 Å². The van der Waals surface area contributed by atoms with Gasteiger partial charge in [0.15, 0.2) is 0 Å². The van der Waals surface area contributed by atoms with E-state index in [1.165, 1.54) is 0 Å². The third-order valence-electron chi connectivity index (χ3n) is 3.18. The van der Waals surface area contributed by atoms with Gasteiger partial charge in [-0.25, -0.2) is 0 Å². The van der Waals surface area contributed by atoms with Crippen LogP contribution < -0.4 is 10.5 Å². The molecule has 0 unspecified atom stereocenters. The van der Waals surface area contributed by atoms with Gasteiger partial charge in [0.2, 0.25) is 5.91 Å². The van der Waals surface area contributed by atoms with Crippen LogP contribution in [0.5, 0.6) is 5.75 Å². The summed E-state index contributed by atoms with van der Waals surface area (Å²) >= 11 is 2.28. The van der Waals surface area contributed by atoms with Gasteiger partial charge in [-0.2, -0.15) is 5.10 Å². The van der Waals surface area contributed by atoms with E-state index in [2.05, 4.69) is 27.7 Å². The molecule has 0 aliphatic rings. The molecular weight excluding hydrogens is 369 g/mol. The van der Waals surface area contributed by atoms with Crippen LogP contribution in [0.1, 0.15) is 27.3 Å². The second-order valence-corrected chi connectivity index (χ2v) is 5.61. The number of carbonyl (C=O) groups excluding carboxylic acids is 1. The van der Waals surface area contributed by atoms with E-state index in [4.69, 9.17) is 10.5 Å². The SMILES string of the molecule is COc1ccc(C(N)=O)cc1Cn1nc(C)c(I)c1C. The Kier molecular flexibility index (Phi) is 4.32. The molecule has 0 saturated carbocycles. The van der Waals surface area contributed by atoms with Crippen LogP contribution in [0, 0.1) is 17.4 Å². The van der Waals surface area contributed by atoms with Crippen molar-refractivity contribution >= 4 is 28.5 Å². The third kappa shape index (κ3) is 2.79. The molecule has 0 saturated heterocycles. The number of nitrogens with zero attached hydrogens (tertiary/aromatic N) is 2. The lowest BCUT2D eigenvalue weighted by atomic mass is 10.1. The number of primary amides is 1. The maximum absolute atomic E-state index is 11.3. The molecule has 1 amide bonds. The van der Waals surface area contributed by atoms with Gasteiger partial charge in [-0.3, -0.25) is 9.48 Å². The highest BCUT2D eigenvalue weighted by Crippen LogP contribution is 2.23. The lowest BCUT2D eigenvalue weighted by Crippen LogP contribution is -2.12. The zero-order valence-electron chi connectivity index (χ0n) is 11.6. The minimum absolute atomic E-state index is 0.447. The largest absolute Gasteiger partial charge is 0.496 e. The summed E-state index contributed by atoms with van der Waals surface area (Å²) in [6.45, 7) is 4.54. The highest BCUT2D eigenvalue weighted by atomic mass is 127. The highest BCUT2D eigenvalue weighted by Gasteiger charge is 2.13. The Morgan fingerprint density at radius 3 is 2.65 bits per heavy atom. The van der Waals surface area contributed by atoms with Gasteiger partial charge in [0.25, 0.3) is 0 Å². The molecule has 1 heterocycles. The van der Waals surface area contributed by atoms with Crippen molar-refractivity contribution in [2.45, 2.75) is 20.4 Å². The Hall–Kier alpha value is -1.57. The summed E-state index contributed by atoms with van der Waals surface area (Å²) in [5.74, 6) is 0.273. The lowest BCUT2D eigenvalue weighted by Gasteiger charge is -2.11. The number of benzene rings is 1. The fourth-order valence-electron chi connectivity index (χ4n) is 2.05. The Labute approximate surface area is 131 Å². The number of aromatic nitrogens is 2. The van der Waals surface area contributed by atoms with Crippen LogP contribution in [0.2, 0.25) is 0 Å². The van der Waals surface area contributed by atoms with E-state index in [0.29, 0.717) is 12.1 Å². The standard InChI is InChI=1S/C14H16IN3O2/c1-8-13(15)9(2)18(17-8)7-11-6-10(14(16)19)4-5-12(11)20-3/h4-6H,7H2,1-3H3,(H2,16,19). The van der Waals surface area contributed by atoms with Gasteiger partial charge in [-0.05, 0) is 54.6 Å². The first kappa shape index (κ1) is 14.8. The molecule has 2 aromatic rings. The number of amides is 1. The number of methoxy groups -OCH3 is 1. The van der Waals surface area contributed by atoms with Gasteiger partial charge in [0, 0.05) is 16.8 Å². The normalized spacial score (nSPS) is 10.6. The molecular formula is C14H16IN3O2. The molecule has 0 aliphatic heterocycles. The van der Waals surface area contributed by atoms with Crippen LogP contribution in [0.3, 0.4) is 0 Å². The van der Waals surface area contributed by atoms with Crippen molar-refractivity contribution in [1.82, 2.24) is 9.78 Å². The van der Waals surface area contributed by atoms with E-state index >= 15 is 0 Å². The number of aryl methyl sites for hydroxylation is 1. The minimum atomic E-state index is -0.447. The molecule has 0 fully saturated rings. The zero-order valence-corrected chi connectivity index (χ0v) is 13.8. The average molecular weight is 385 g/mol. The molecule has 2 N–H and O–H groups in total. The van der Waals surface area contributed by atoms with Gasteiger partial charge >= 0.3 is 0 Å². The van der Waals surface area contributed by atoms with Gasteiger partial charge < -0.3 is 10.5 Å². The van der Waals surface area contributed by atoms with Crippen molar-refractivity contribution in [3.63, 3.8) is 0 Å². The molecule has 20 heavy (non-hydrogen) atoms.